The molecule has 1 N–H and O–H groups in total. The van der Waals surface area contributed by atoms with E-state index in [0.717, 1.165) is 25.2 Å². The number of hydrogen-bond donors (Lipinski definition) is 1. The third-order valence-corrected chi connectivity index (χ3v) is 4.36. The highest BCUT2D eigenvalue weighted by Gasteiger charge is 2.18. The van der Waals surface area contributed by atoms with E-state index in [9.17, 15) is 5.11 Å². The zero-order chi connectivity index (χ0) is 14.5. The molecule has 0 radical (unpaired) electrons. The lowest BCUT2D eigenvalue weighted by atomic mass is 10.1. The predicted molar refractivity (Wildman–Crippen MR) is 82.7 cm³/mol. The molecule has 0 saturated carbocycles. The van der Waals surface area contributed by atoms with Crippen LogP contribution in [-0.4, -0.2) is 32.4 Å². The maximum Gasteiger partial charge on any atom is 0.0597 e. The molecule has 0 aromatic carbocycles. The van der Waals surface area contributed by atoms with Crippen LogP contribution in [0.15, 0.2) is 22.9 Å². The summed E-state index contributed by atoms with van der Waals surface area (Å²) in [6, 6.07) is 4.45. The lowest BCUT2D eigenvalue weighted by Gasteiger charge is -2.29. The number of aromatic nitrogens is 2. The van der Waals surface area contributed by atoms with Gasteiger partial charge in [-0.3, -0.25) is 9.58 Å². The summed E-state index contributed by atoms with van der Waals surface area (Å²) in [4.78, 5) is 2.33. The molecule has 0 amide bonds. The van der Waals surface area contributed by atoms with Gasteiger partial charge in [0, 0.05) is 26.2 Å². The van der Waals surface area contributed by atoms with Crippen molar-refractivity contribution in [1.82, 2.24) is 14.7 Å². The highest BCUT2D eigenvalue weighted by molar-refractivity contribution is 7.07. The normalized spacial score (nSPS) is 13.1. The summed E-state index contributed by atoms with van der Waals surface area (Å²) in [5.41, 5.74) is 3.53. The molecule has 0 unspecified atom stereocenters. The second-order valence-electron chi connectivity index (χ2n) is 5.18. The van der Waals surface area contributed by atoms with Crippen molar-refractivity contribution in [3.63, 3.8) is 0 Å². The number of hydrogen-bond acceptors (Lipinski definition) is 4. The molecule has 0 bridgehead atoms. The van der Waals surface area contributed by atoms with E-state index >= 15 is 0 Å². The molecule has 0 aliphatic heterocycles. The van der Waals surface area contributed by atoms with Crippen LogP contribution in [0.1, 0.15) is 30.3 Å². The first-order chi connectivity index (χ1) is 9.63. The maximum atomic E-state index is 9.62. The fourth-order valence-corrected chi connectivity index (χ4v) is 3.11. The fourth-order valence-electron chi connectivity index (χ4n) is 2.45. The summed E-state index contributed by atoms with van der Waals surface area (Å²) in [5, 5.41) is 18.3. The molecule has 0 aliphatic rings. The number of aliphatic hydroxyl groups excluding tert-OH is 1. The zero-order valence-corrected chi connectivity index (χ0v) is 13.2. The quantitative estimate of drug-likeness (QED) is 0.853. The summed E-state index contributed by atoms with van der Waals surface area (Å²) >= 11 is 1.72. The SMILES string of the molecule is CC[C@H](CO)N(Cc1ccsc1)Cc1cc(C)nn1C. The van der Waals surface area contributed by atoms with E-state index in [4.69, 9.17) is 0 Å². The zero-order valence-electron chi connectivity index (χ0n) is 12.4. The van der Waals surface area contributed by atoms with Crippen LogP contribution in [0, 0.1) is 6.92 Å². The Balaban J connectivity index is 2.15. The Morgan fingerprint density at radius 1 is 1.45 bits per heavy atom. The first-order valence-corrected chi connectivity index (χ1v) is 7.93. The average molecular weight is 293 g/mol. The van der Waals surface area contributed by atoms with E-state index in [2.05, 4.69) is 39.8 Å². The number of rotatable bonds is 7. The number of aliphatic hydroxyl groups is 1. The van der Waals surface area contributed by atoms with Gasteiger partial charge in [0.15, 0.2) is 0 Å². The van der Waals surface area contributed by atoms with Crippen LogP contribution in [0.25, 0.3) is 0 Å². The summed E-state index contributed by atoms with van der Waals surface area (Å²) < 4.78 is 1.93. The van der Waals surface area contributed by atoms with Gasteiger partial charge in [0.1, 0.15) is 0 Å². The molecule has 4 nitrogen and oxygen atoms in total. The second kappa shape index (κ2) is 7.02. The minimum atomic E-state index is 0.185. The lowest BCUT2D eigenvalue weighted by Crippen LogP contribution is -2.37. The van der Waals surface area contributed by atoms with Crippen LogP contribution in [-0.2, 0) is 20.1 Å². The summed E-state index contributed by atoms with van der Waals surface area (Å²) in [7, 11) is 1.98. The van der Waals surface area contributed by atoms with Crippen LogP contribution in [0.2, 0.25) is 0 Å². The molecular weight excluding hydrogens is 270 g/mol. The van der Waals surface area contributed by atoms with Crippen molar-refractivity contribution in [3.8, 4) is 0 Å². The minimum Gasteiger partial charge on any atom is -0.395 e. The van der Waals surface area contributed by atoms with Crippen molar-refractivity contribution in [2.75, 3.05) is 6.61 Å². The summed E-state index contributed by atoms with van der Waals surface area (Å²) in [6.45, 7) is 6.00. The van der Waals surface area contributed by atoms with Crippen LogP contribution >= 0.6 is 11.3 Å². The molecule has 2 aromatic rings. The third-order valence-electron chi connectivity index (χ3n) is 3.63. The molecule has 0 aliphatic carbocycles. The van der Waals surface area contributed by atoms with Crippen LogP contribution < -0.4 is 0 Å². The summed E-state index contributed by atoms with van der Waals surface area (Å²) in [5.74, 6) is 0. The molecule has 2 heterocycles. The van der Waals surface area contributed by atoms with Gasteiger partial charge in [-0.05, 0) is 41.8 Å². The lowest BCUT2D eigenvalue weighted by molar-refractivity contribution is 0.104. The molecular formula is C15H23N3OS. The topological polar surface area (TPSA) is 41.3 Å². The van der Waals surface area contributed by atoms with Crippen molar-refractivity contribution in [2.45, 2.75) is 39.4 Å². The van der Waals surface area contributed by atoms with Crippen molar-refractivity contribution < 1.29 is 5.11 Å². The van der Waals surface area contributed by atoms with E-state index in [1.807, 2.05) is 18.7 Å². The molecule has 0 saturated heterocycles. The maximum absolute atomic E-state index is 9.62. The Labute approximate surface area is 124 Å². The standard InChI is InChI=1S/C15H23N3OS/c1-4-14(10-19)18(8-13-5-6-20-11-13)9-15-7-12(2)16-17(15)3/h5-7,11,14,19H,4,8-10H2,1-3H3/t14-/m1/s1. The number of aryl methyl sites for hydroxylation is 2. The Bertz CT molecular complexity index is 517. The minimum absolute atomic E-state index is 0.185. The van der Waals surface area contributed by atoms with Crippen LogP contribution in [0.4, 0.5) is 0 Å². The van der Waals surface area contributed by atoms with Gasteiger partial charge in [0.05, 0.1) is 18.0 Å². The average Bonchev–Trinajstić information content (AvgIpc) is 3.01. The Morgan fingerprint density at radius 3 is 2.75 bits per heavy atom. The molecule has 20 heavy (non-hydrogen) atoms. The Hall–Kier alpha value is -1.17. The van der Waals surface area contributed by atoms with Gasteiger partial charge < -0.3 is 5.11 Å². The van der Waals surface area contributed by atoms with E-state index in [0.29, 0.717) is 0 Å². The first kappa shape index (κ1) is 15.2. The highest BCUT2D eigenvalue weighted by Crippen LogP contribution is 2.17. The van der Waals surface area contributed by atoms with Crippen molar-refractivity contribution in [3.05, 3.63) is 39.8 Å². The predicted octanol–water partition coefficient (Wildman–Crippen LogP) is 2.56. The molecule has 0 spiro atoms. The second-order valence-corrected chi connectivity index (χ2v) is 5.96. The molecule has 1 atom stereocenters. The van der Waals surface area contributed by atoms with Gasteiger partial charge in [0.25, 0.3) is 0 Å². The van der Waals surface area contributed by atoms with Crippen molar-refractivity contribution in [1.29, 1.82) is 0 Å². The number of nitrogens with zero attached hydrogens (tertiary/aromatic N) is 3. The fraction of sp³-hybridized carbons (Fsp3) is 0.533. The molecule has 5 heteroatoms. The van der Waals surface area contributed by atoms with Gasteiger partial charge in [-0.1, -0.05) is 6.92 Å². The smallest absolute Gasteiger partial charge is 0.0597 e. The van der Waals surface area contributed by atoms with Gasteiger partial charge >= 0.3 is 0 Å². The largest absolute Gasteiger partial charge is 0.395 e. The Kier molecular flexibility index (Phi) is 5.34. The van der Waals surface area contributed by atoms with Crippen molar-refractivity contribution >= 4 is 11.3 Å². The molecule has 110 valence electrons. The Morgan fingerprint density at radius 2 is 2.25 bits per heavy atom. The van der Waals surface area contributed by atoms with Crippen LogP contribution in [0.3, 0.4) is 0 Å². The van der Waals surface area contributed by atoms with Gasteiger partial charge in [0.2, 0.25) is 0 Å². The van der Waals surface area contributed by atoms with Crippen molar-refractivity contribution in [2.24, 2.45) is 7.05 Å². The first-order valence-electron chi connectivity index (χ1n) is 6.99. The molecule has 2 aromatic heterocycles. The van der Waals surface area contributed by atoms with E-state index in [-0.39, 0.29) is 12.6 Å². The number of thiophene rings is 1. The van der Waals surface area contributed by atoms with Gasteiger partial charge in [-0.15, -0.1) is 0 Å². The third kappa shape index (κ3) is 3.69. The van der Waals surface area contributed by atoms with Gasteiger partial charge in [-0.25, -0.2) is 0 Å². The van der Waals surface area contributed by atoms with E-state index in [1.54, 1.807) is 11.3 Å². The van der Waals surface area contributed by atoms with E-state index < -0.39 is 0 Å². The molecule has 2 rings (SSSR count). The van der Waals surface area contributed by atoms with Gasteiger partial charge in [-0.2, -0.15) is 16.4 Å². The summed E-state index contributed by atoms with van der Waals surface area (Å²) in [6.07, 6.45) is 0.942. The van der Waals surface area contributed by atoms with E-state index in [1.165, 1.54) is 11.3 Å². The molecule has 0 fully saturated rings. The van der Waals surface area contributed by atoms with Crippen LogP contribution in [0.5, 0.6) is 0 Å². The highest BCUT2D eigenvalue weighted by atomic mass is 32.1. The monoisotopic (exact) mass is 293 g/mol.